The van der Waals surface area contributed by atoms with Crippen LogP contribution in [0.5, 0.6) is 0 Å². The molecule has 25 heavy (non-hydrogen) atoms. The summed E-state index contributed by atoms with van der Waals surface area (Å²) in [5.74, 6) is -1.56. The number of hydrogen-bond donors (Lipinski definition) is 0. The van der Waals surface area contributed by atoms with Crippen LogP contribution in [0.2, 0.25) is 0 Å². The molecule has 1 aromatic carbocycles. The summed E-state index contributed by atoms with van der Waals surface area (Å²) in [6.45, 7) is 8.29. The second kappa shape index (κ2) is 6.28. The van der Waals surface area contributed by atoms with E-state index in [1.807, 2.05) is 37.3 Å². The highest BCUT2D eigenvalue weighted by Gasteiger charge is 2.57. The smallest absolute Gasteiger partial charge is 0.327 e. The van der Waals surface area contributed by atoms with Gasteiger partial charge in [0.2, 0.25) is 5.79 Å². The number of nitrogens with zero attached hydrogens (tertiary/aromatic N) is 2. The predicted molar refractivity (Wildman–Crippen MR) is 92.7 cm³/mol. The van der Waals surface area contributed by atoms with Gasteiger partial charge in [-0.25, -0.2) is 4.79 Å². The molecule has 6 heteroatoms. The third kappa shape index (κ3) is 2.56. The lowest BCUT2D eigenvalue weighted by Gasteiger charge is -2.33. The Kier molecular flexibility index (Phi) is 4.43. The van der Waals surface area contributed by atoms with E-state index in [1.54, 1.807) is 20.0 Å². The van der Waals surface area contributed by atoms with Gasteiger partial charge in [0.05, 0.1) is 19.8 Å². The van der Waals surface area contributed by atoms with Crippen LogP contribution in [0.4, 0.5) is 4.79 Å². The standard InChI is InChI=1S/C19H24N2O4/c1-5-14(2)18(3)16(22)21(17(23)20(18)4)13-19(24-11-12-25-19)15-9-7-6-8-10-15/h5-10,14H,1,11-13H2,2-4H3. The Balaban J connectivity index is 1.95. The molecule has 3 amide bonds. The highest BCUT2D eigenvalue weighted by Crippen LogP contribution is 2.38. The van der Waals surface area contributed by atoms with Crippen LogP contribution in [-0.2, 0) is 20.1 Å². The SMILES string of the molecule is C=CC(C)C1(C)C(=O)N(CC2(c3ccccc3)OCCO2)C(=O)N1C. The Morgan fingerprint density at radius 1 is 1.24 bits per heavy atom. The number of hydrogen-bond acceptors (Lipinski definition) is 4. The minimum Gasteiger partial charge on any atom is -0.342 e. The number of rotatable bonds is 5. The van der Waals surface area contributed by atoms with Crippen molar-refractivity contribution in [2.45, 2.75) is 25.2 Å². The van der Waals surface area contributed by atoms with Crippen LogP contribution in [0.3, 0.4) is 0 Å². The number of likely N-dealkylation sites (N-methyl/N-ethyl adjacent to an activating group) is 1. The number of carbonyl (C=O) groups excluding carboxylic acids is 2. The topological polar surface area (TPSA) is 59.1 Å². The molecule has 2 heterocycles. The second-order valence-corrected chi connectivity index (χ2v) is 6.72. The molecule has 0 aliphatic carbocycles. The molecule has 2 aliphatic rings. The van der Waals surface area contributed by atoms with Gasteiger partial charge in [-0.1, -0.05) is 43.3 Å². The van der Waals surface area contributed by atoms with Gasteiger partial charge in [-0.05, 0) is 6.92 Å². The molecule has 0 saturated carbocycles. The fourth-order valence-corrected chi connectivity index (χ4v) is 3.46. The van der Waals surface area contributed by atoms with Gasteiger partial charge in [0.15, 0.2) is 0 Å². The molecule has 0 radical (unpaired) electrons. The van der Waals surface area contributed by atoms with Crippen molar-refractivity contribution in [2.75, 3.05) is 26.8 Å². The molecule has 0 aromatic heterocycles. The van der Waals surface area contributed by atoms with Gasteiger partial charge in [0.25, 0.3) is 5.91 Å². The Morgan fingerprint density at radius 2 is 1.84 bits per heavy atom. The number of imide groups is 1. The van der Waals surface area contributed by atoms with Gasteiger partial charge in [-0.15, -0.1) is 6.58 Å². The predicted octanol–water partition coefficient (Wildman–Crippen LogP) is 2.36. The summed E-state index contributed by atoms with van der Waals surface area (Å²) in [4.78, 5) is 28.6. The zero-order valence-electron chi connectivity index (χ0n) is 14.9. The Labute approximate surface area is 148 Å². The molecule has 2 aliphatic heterocycles. The highest BCUT2D eigenvalue weighted by molar-refractivity contribution is 6.07. The first-order chi connectivity index (χ1) is 11.9. The molecule has 0 N–H and O–H groups in total. The Hall–Kier alpha value is -2.18. The lowest BCUT2D eigenvalue weighted by molar-refractivity contribution is -0.178. The number of urea groups is 1. The van der Waals surface area contributed by atoms with Crippen LogP contribution in [0, 0.1) is 5.92 Å². The van der Waals surface area contributed by atoms with Crippen molar-refractivity contribution in [3.63, 3.8) is 0 Å². The average Bonchev–Trinajstić information content (AvgIpc) is 3.18. The molecule has 2 fully saturated rings. The van der Waals surface area contributed by atoms with E-state index in [4.69, 9.17) is 9.47 Å². The minimum atomic E-state index is -1.11. The summed E-state index contributed by atoms with van der Waals surface area (Å²) in [6.07, 6.45) is 1.70. The molecule has 2 atom stereocenters. The molecular formula is C19H24N2O4. The maximum atomic E-state index is 13.1. The fraction of sp³-hybridized carbons (Fsp3) is 0.474. The summed E-state index contributed by atoms with van der Waals surface area (Å²) in [5, 5.41) is 0. The molecule has 2 saturated heterocycles. The van der Waals surface area contributed by atoms with Crippen LogP contribution in [0.15, 0.2) is 43.0 Å². The third-order valence-corrected chi connectivity index (χ3v) is 5.47. The van der Waals surface area contributed by atoms with E-state index in [1.165, 1.54) is 9.80 Å². The molecular weight excluding hydrogens is 320 g/mol. The first-order valence-corrected chi connectivity index (χ1v) is 8.42. The molecule has 0 bridgehead atoms. The normalized spacial score (nSPS) is 27.0. The van der Waals surface area contributed by atoms with E-state index in [0.29, 0.717) is 13.2 Å². The quantitative estimate of drug-likeness (QED) is 0.608. The van der Waals surface area contributed by atoms with Gasteiger partial charge in [0.1, 0.15) is 5.54 Å². The molecule has 1 aromatic rings. The average molecular weight is 344 g/mol. The number of amides is 3. The van der Waals surface area contributed by atoms with Crippen molar-refractivity contribution in [3.05, 3.63) is 48.6 Å². The largest absolute Gasteiger partial charge is 0.342 e. The maximum Gasteiger partial charge on any atom is 0.327 e. The second-order valence-electron chi connectivity index (χ2n) is 6.72. The van der Waals surface area contributed by atoms with E-state index in [-0.39, 0.29) is 24.4 Å². The first kappa shape index (κ1) is 17.6. The van der Waals surface area contributed by atoms with E-state index in [2.05, 4.69) is 6.58 Å². The zero-order valence-corrected chi connectivity index (χ0v) is 14.9. The van der Waals surface area contributed by atoms with E-state index in [9.17, 15) is 9.59 Å². The van der Waals surface area contributed by atoms with Gasteiger partial charge >= 0.3 is 6.03 Å². The van der Waals surface area contributed by atoms with Crippen molar-refractivity contribution in [3.8, 4) is 0 Å². The van der Waals surface area contributed by atoms with E-state index in [0.717, 1.165) is 5.56 Å². The van der Waals surface area contributed by atoms with Crippen molar-refractivity contribution >= 4 is 11.9 Å². The number of carbonyl (C=O) groups is 2. The molecule has 3 rings (SSSR count). The third-order valence-electron chi connectivity index (χ3n) is 5.47. The number of ether oxygens (including phenoxy) is 2. The summed E-state index contributed by atoms with van der Waals surface area (Å²) in [7, 11) is 1.64. The van der Waals surface area contributed by atoms with Crippen LogP contribution in [0.1, 0.15) is 19.4 Å². The Bertz CT molecular complexity index is 684. The monoisotopic (exact) mass is 344 g/mol. The van der Waals surface area contributed by atoms with Gasteiger partial charge < -0.3 is 14.4 Å². The molecule has 2 unspecified atom stereocenters. The fourth-order valence-electron chi connectivity index (χ4n) is 3.46. The van der Waals surface area contributed by atoms with Crippen LogP contribution >= 0.6 is 0 Å². The first-order valence-electron chi connectivity index (χ1n) is 8.42. The maximum absolute atomic E-state index is 13.1. The van der Waals surface area contributed by atoms with Crippen molar-refractivity contribution < 1.29 is 19.1 Å². The Morgan fingerprint density at radius 3 is 2.40 bits per heavy atom. The summed E-state index contributed by atoms with van der Waals surface area (Å²) >= 11 is 0. The minimum absolute atomic E-state index is 0.0263. The van der Waals surface area contributed by atoms with Crippen molar-refractivity contribution in [2.24, 2.45) is 5.92 Å². The van der Waals surface area contributed by atoms with Gasteiger partial charge in [-0.3, -0.25) is 9.69 Å². The van der Waals surface area contributed by atoms with Crippen molar-refractivity contribution in [1.82, 2.24) is 9.80 Å². The van der Waals surface area contributed by atoms with Crippen LogP contribution < -0.4 is 0 Å². The van der Waals surface area contributed by atoms with Gasteiger partial charge in [-0.2, -0.15) is 0 Å². The molecule has 134 valence electrons. The molecule has 6 nitrogen and oxygen atoms in total. The highest BCUT2D eigenvalue weighted by atomic mass is 16.7. The van der Waals surface area contributed by atoms with E-state index < -0.39 is 11.3 Å². The molecule has 0 spiro atoms. The van der Waals surface area contributed by atoms with Crippen LogP contribution in [-0.4, -0.2) is 54.1 Å². The number of benzene rings is 1. The summed E-state index contributed by atoms with van der Waals surface area (Å²) in [6, 6.07) is 9.07. The lowest BCUT2D eigenvalue weighted by Crippen LogP contribution is -2.50. The van der Waals surface area contributed by atoms with Gasteiger partial charge in [0, 0.05) is 18.5 Å². The van der Waals surface area contributed by atoms with Crippen molar-refractivity contribution in [1.29, 1.82) is 0 Å². The van der Waals surface area contributed by atoms with E-state index >= 15 is 0 Å². The lowest BCUT2D eigenvalue weighted by atomic mass is 9.86. The van der Waals surface area contributed by atoms with Crippen LogP contribution in [0.25, 0.3) is 0 Å². The zero-order chi connectivity index (χ0) is 18.2. The summed E-state index contributed by atoms with van der Waals surface area (Å²) in [5.41, 5.74) is -0.170. The summed E-state index contributed by atoms with van der Waals surface area (Å²) < 4.78 is 11.7.